The second kappa shape index (κ2) is 22.4. The molecule has 0 radical (unpaired) electrons. The molecule has 0 saturated carbocycles. The number of ether oxygens (including phenoxy) is 3. The number of imide groups is 1. The highest BCUT2D eigenvalue weighted by molar-refractivity contribution is 6.00. The highest BCUT2D eigenvalue weighted by Crippen LogP contribution is 2.21. The molecule has 0 spiro atoms. The number of rotatable bonds is 18. The third-order valence-electron chi connectivity index (χ3n) is 7.05. The SMILES string of the molecule is CNCCCNCCOCCOCCC#Cc1cccc(C=O)c1CN(C)C1CCC(=O)NC1=O.COc1cc(C=O)ccc1N. The fourth-order valence-corrected chi connectivity index (χ4v) is 4.53. The number of carbonyl (C=O) groups is 4. The molecule has 46 heavy (non-hydrogen) atoms. The minimum atomic E-state index is -0.419. The molecule has 3 rings (SSSR count). The van der Waals surface area contributed by atoms with Crippen molar-refractivity contribution in [1.82, 2.24) is 20.9 Å². The number of hydrogen-bond acceptors (Lipinski definition) is 11. The smallest absolute Gasteiger partial charge is 0.243 e. The van der Waals surface area contributed by atoms with Crippen LogP contribution in [0.2, 0.25) is 0 Å². The Bertz CT molecular complexity index is 1320. The fourth-order valence-electron chi connectivity index (χ4n) is 4.53. The summed E-state index contributed by atoms with van der Waals surface area (Å²) in [5.41, 5.74) is 8.69. The summed E-state index contributed by atoms with van der Waals surface area (Å²) in [5.74, 6) is 6.23. The number of piperidine rings is 1. The molecule has 5 N–H and O–H groups in total. The first-order chi connectivity index (χ1) is 22.3. The topological polar surface area (TPSA) is 161 Å². The molecule has 0 aliphatic carbocycles. The lowest BCUT2D eigenvalue weighted by molar-refractivity contribution is -0.137. The Hall–Kier alpha value is -4.12. The van der Waals surface area contributed by atoms with Crippen LogP contribution in [0.5, 0.6) is 5.75 Å². The van der Waals surface area contributed by atoms with E-state index in [1.807, 2.05) is 25.1 Å². The second-order valence-corrected chi connectivity index (χ2v) is 10.5. The highest BCUT2D eigenvalue weighted by atomic mass is 16.5. The zero-order chi connectivity index (χ0) is 33.6. The van der Waals surface area contributed by atoms with E-state index in [0.717, 1.165) is 49.8 Å². The van der Waals surface area contributed by atoms with Crippen LogP contribution in [-0.4, -0.2) is 103 Å². The average molecular weight is 638 g/mol. The Balaban J connectivity index is 0.000000562. The third-order valence-corrected chi connectivity index (χ3v) is 7.05. The molecule has 0 bridgehead atoms. The zero-order valence-electron chi connectivity index (χ0n) is 27.1. The van der Waals surface area contributed by atoms with Gasteiger partial charge in [0.2, 0.25) is 11.8 Å². The number of nitrogens with two attached hydrogens (primary N) is 1. The second-order valence-electron chi connectivity index (χ2n) is 10.5. The Morgan fingerprint density at radius 1 is 1.04 bits per heavy atom. The predicted molar refractivity (Wildman–Crippen MR) is 177 cm³/mol. The molecule has 1 aliphatic rings. The van der Waals surface area contributed by atoms with Gasteiger partial charge in [-0.25, -0.2) is 0 Å². The minimum Gasteiger partial charge on any atom is -0.495 e. The molecule has 1 atom stereocenters. The van der Waals surface area contributed by atoms with Crippen LogP contribution in [0, 0.1) is 11.8 Å². The van der Waals surface area contributed by atoms with E-state index in [9.17, 15) is 19.2 Å². The third kappa shape index (κ3) is 13.9. The summed E-state index contributed by atoms with van der Waals surface area (Å²) in [6.07, 6.45) is 3.97. The van der Waals surface area contributed by atoms with Crippen LogP contribution in [0.3, 0.4) is 0 Å². The molecular formula is C34H47N5O7. The quantitative estimate of drug-likeness (QED) is 0.0620. The van der Waals surface area contributed by atoms with Crippen LogP contribution >= 0.6 is 0 Å². The van der Waals surface area contributed by atoms with Gasteiger partial charge in [0.15, 0.2) is 0 Å². The molecule has 1 saturated heterocycles. The molecule has 1 aliphatic heterocycles. The Morgan fingerprint density at radius 2 is 1.83 bits per heavy atom. The van der Waals surface area contributed by atoms with Crippen molar-refractivity contribution < 1.29 is 33.4 Å². The van der Waals surface area contributed by atoms with Crippen molar-refractivity contribution in [2.45, 2.75) is 38.3 Å². The maximum absolute atomic E-state index is 12.2. The molecule has 2 amide bonds. The summed E-state index contributed by atoms with van der Waals surface area (Å²) in [5, 5.41) is 8.81. The Morgan fingerprint density at radius 3 is 2.52 bits per heavy atom. The van der Waals surface area contributed by atoms with Gasteiger partial charge >= 0.3 is 0 Å². The van der Waals surface area contributed by atoms with Crippen molar-refractivity contribution in [3.05, 3.63) is 58.7 Å². The van der Waals surface area contributed by atoms with E-state index >= 15 is 0 Å². The number of aldehydes is 2. The minimum absolute atomic E-state index is 0.249. The van der Waals surface area contributed by atoms with Crippen molar-refractivity contribution in [3.8, 4) is 17.6 Å². The van der Waals surface area contributed by atoms with Crippen LogP contribution in [0.4, 0.5) is 5.69 Å². The van der Waals surface area contributed by atoms with Crippen LogP contribution in [-0.2, 0) is 25.6 Å². The van der Waals surface area contributed by atoms with Gasteiger partial charge in [-0.3, -0.25) is 29.4 Å². The van der Waals surface area contributed by atoms with Crippen LogP contribution in [0.1, 0.15) is 57.5 Å². The van der Waals surface area contributed by atoms with Crippen LogP contribution in [0.15, 0.2) is 36.4 Å². The van der Waals surface area contributed by atoms with Gasteiger partial charge in [0.25, 0.3) is 0 Å². The molecule has 2 aromatic carbocycles. The maximum atomic E-state index is 12.2. The van der Waals surface area contributed by atoms with Crippen LogP contribution < -0.4 is 26.4 Å². The Labute approximate surface area is 271 Å². The number of anilines is 1. The zero-order valence-corrected chi connectivity index (χ0v) is 27.1. The lowest BCUT2D eigenvalue weighted by atomic mass is 9.99. The van der Waals surface area contributed by atoms with Gasteiger partial charge in [-0.05, 0) is 69.9 Å². The van der Waals surface area contributed by atoms with E-state index in [-0.39, 0.29) is 11.8 Å². The van der Waals surface area contributed by atoms with E-state index in [4.69, 9.17) is 19.9 Å². The summed E-state index contributed by atoms with van der Waals surface area (Å²) in [4.78, 5) is 47.4. The van der Waals surface area contributed by atoms with Gasteiger partial charge in [0.1, 0.15) is 18.3 Å². The lowest BCUT2D eigenvalue weighted by Crippen LogP contribution is -2.51. The number of nitrogens with one attached hydrogen (secondary N) is 3. The molecule has 12 nitrogen and oxygen atoms in total. The number of amides is 2. The van der Waals surface area contributed by atoms with E-state index in [1.54, 1.807) is 30.3 Å². The van der Waals surface area contributed by atoms with Gasteiger partial charge in [0, 0.05) is 42.6 Å². The largest absolute Gasteiger partial charge is 0.495 e. The van der Waals surface area contributed by atoms with Crippen molar-refractivity contribution in [3.63, 3.8) is 0 Å². The van der Waals surface area contributed by atoms with Gasteiger partial charge in [-0.1, -0.05) is 24.0 Å². The van der Waals surface area contributed by atoms with E-state index in [1.165, 1.54) is 7.11 Å². The average Bonchev–Trinajstić information content (AvgIpc) is 3.06. The summed E-state index contributed by atoms with van der Waals surface area (Å²) in [7, 11) is 5.28. The molecule has 0 aromatic heterocycles. The highest BCUT2D eigenvalue weighted by Gasteiger charge is 2.30. The van der Waals surface area contributed by atoms with E-state index in [2.05, 4.69) is 27.8 Å². The first kappa shape index (κ1) is 38.1. The molecule has 1 unspecified atom stereocenters. The van der Waals surface area contributed by atoms with Crippen molar-refractivity contribution >= 4 is 30.1 Å². The molecular weight excluding hydrogens is 590 g/mol. The summed E-state index contributed by atoms with van der Waals surface area (Å²) in [6, 6.07) is 9.88. The number of hydrogen-bond donors (Lipinski definition) is 4. The predicted octanol–water partition coefficient (Wildman–Crippen LogP) is 1.80. The molecule has 1 heterocycles. The summed E-state index contributed by atoms with van der Waals surface area (Å²) >= 11 is 0. The fraction of sp³-hybridized carbons (Fsp3) is 0.471. The number of benzene rings is 2. The van der Waals surface area contributed by atoms with Crippen molar-refractivity contribution in [1.29, 1.82) is 0 Å². The number of carbonyl (C=O) groups excluding carboxylic acids is 4. The van der Waals surface area contributed by atoms with E-state index in [0.29, 0.717) is 74.8 Å². The molecule has 250 valence electrons. The molecule has 12 heteroatoms. The monoisotopic (exact) mass is 637 g/mol. The Kier molecular flexibility index (Phi) is 18.5. The lowest BCUT2D eigenvalue weighted by Gasteiger charge is -2.30. The van der Waals surface area contributed by atoms with Gasteiger partial charge < -0.3 is 30.6 Å². The number of nitrogen functional groups attached to an aromatic ring is 1. The van der Waals surface area contributed by atoms with E-state index < -0.39 is 6.04 Å². The summed E-state index contributed by atoms with van der Waals surface area (Å²) < 4.78 is 16.0. The molecule has 1 fully saturated rings. The maximum Gasteiger partial charge on any atom is 0.243 e. The van der Waals surface area contributed by atoms with Gasteiger partial charge in [-0.15, -0.1) is 0 Å². The number of likely N-dealkylation sites (N-methyl/N-ethyl adjacent to an activating group) is 1. The molecule has 2 aromatic rings. The summed E-state index contributed by atoms with van der Waals surface area (Å²) in [6.45, 7) is 5.41. The van der Waals surface area contributed by atoms with Gasteiger partial charge in [-0.2, -0.15) is 0 Å². The number of methoxy groups -OCH3 is 1. The van der Waals surface area contributed by atoms with Gasteiger partial charge in [0.05, 0.1) is 45.3 Å². The standard InChI is InChI=1S/C26H38N4O5.C8H9NO2/c1-27-12-6-13-28-14-16-35-18-17-34-15-4-3-7-21-8-5-9-22(20-31)23(21)19-30(2)24-10-11-25(32)29-26(24)33;1-11-8-4-6(5-10)2-3-7(8)9/h5,8-9,20,24,27-28H,4,6,10-19H2,1-2H3,(H,29,32,33);2-5H,9H2,1H3. The van der Waals surface area contributed by atoms with Crippen molar-refractivity contribution in [2.24, 2.45) is 0 Å². The first-order valence-corrected chi connectivity index (χ1v) is 15.3. The first-order valence-electron chi connectivity index (χ1n) is 15.3. The van der Waals surface area contributed by atoms with Crippen molar-refractivity contribution in [2.75, 3.05) is 73.0 Å². The normalized spacial score (nSPS) is 14.0. The van der Waals surface area contributed by atoms with Crippen LogP contribution in [0.25, 0.3) is 0 Å². The number of nitrogens with zero attached hydrogens (tertiary/aromatic N) is 1.